The van der Waals surface area contributed by atoms with Crippen LogP contribution in [0.3, 0.4) is 0 Å². The van der Waals surface area contributed by atoms with Gasteiger partial charge in [0.1, 0.15) is 24.7 Å². The molecule has 0 bridgehead atoms. The molecule has 0 aliphatic carbocycles. The van der Waals surface area contributed by atoms with Gasteiger partial charge < -0.3 is 132 Å². The number of aliphatic hydroxyl groups is 24. The van der Waals surface area contributed by atoms with Crippen LogP contribution < -0.4 is 9.47 Å². The number of hydrogen-bond donors (Lipinski definition) is 24. The molecule has 3 aromatic carbocycles. The monoisotopic (exact) mass is 2170 g/mol. The van der Waals surface area contributed by atoms with Gasteiger partial charge in [0.2, 0.25) is 0 Å². The third-order valence-corrected chi connectivity index (χ3v) is 19.8. The van der Waals surface area contributed by atoms with Crippen LogP contribution in [0.1, 0.15) is 263 Å². The summed E-state index contributed by atoms with van der Waals surface area (Å²) in [6.07, 6.45) is 18.2. The molecule has 26 nitrogen and oxygen atoms in total. The van der Waals surface area contributed by atoms with E-state index in [1.807, 2.05) is 134 Å². The molecule has 3 rings (SSSR count). The Morgan fingerprint density at radius 2 is 0.636 bits per heavy atom. The molecule has 0 saturated carbocycles. The number of rotatable bonds is 50. The van der Waals surface area contributed by atoms with Crippen molar-refractivity contribution in [1.82, 2.24) is 0 Å². The minimum atomic E-state index is -0.306. The quantitative estimate of drug-likeness (QED) is 0.0185. The first kappa shape index (κ1) is 140. The second-order valence-corrected chi connectivity index (χ2v) is 33.6. The molecule has 0 saturated heterocycles. The molecule has 0 spiro atoms. The van der Waals surface area contributed by atoms with E-state index in [0.29, 0.717) is 43.3 Å². The second kappa shape index (κ2) is 93.5. The van der Waals surface area contributed by atoms with Gasteiger partial charge in [-0.3, -0.25) is 0 Å². The molecule has 0 aliphatic heterocycles. The largest absolute Gasteiger partial charge is 0.493 e. The van der Waals surface area contributed by atoms with E-state index >= 15 is 0 Å². The van der Waals surface area contributed by atoms with E-state index < -0.39 is 0 Å². The Kier molecular flexibility index (Phi) is 108. The van der Waals surface area contributed by atoms with E-state index in [2.05, 4.69) is 62.3 Å². The summed E-state index contributed by atoms with van der Waals surface area (Å²) < 4.78 is 10.6. The Labute approximate surface area is 741 Å². The summed E-state index contributed by atoms with van der Waals surface area (Å²) in [7, 11) is 0. The topological polar surface area (TPSA) is 504 Å². The van der Waals surface area contributed by atoms with Crippen LogP contribution in [0, 0.1) is 68.0 Å². The molecule has 24 N–H and O–H groups in total. The third kappa shape index (κ3) is 82.6. The minimum Gasteiger partial charge on any atom is -0.493 e. The van der Waals surface area contributed by atoms with E-state index in [0.717, 1.165) is 137 Å². The maximum Gasteiger partial charge on any atom is 0.111 e. The van der Waals surface area contributed by atoms with E-state index in [9.17, 15) is 20.4 Å². The molecule has 1 radical (unpaired) electrons. The predicted octanol–water partition coefficient (Wildman–Crippen LogP) is 9.24. The van der Waals surface area contributed by atoms with Crippen molar-refractivity contribution >= 4 is 0 Å². The van der Waals surface area contributed by atoms with Crippen molar-refractivity contribution < 1.29 is 152 Å². The summed E-state index contributed by atoms with van der Waals surface area (Å²) in [5.41, 5.74) is 1.35. The van der Waals surface area contributed by atoms with E-state index in [-0.39, 0.29) is 223 Å². The summed E-state index contributed by atoms with van der Waals surface area (Å²) >= 11 is 0. The van der Waals surface area contributed by atoms with E-state index in [1.54, 1.807) is 13.8 Å². The van der Waals surface area contributed by atoms with Gasteiger partial charge in [-0.1, -0.05) is 211 Å². The average Bonchev–Trinajstić information content (AvgIpc) is 0.886. The molecule has 0 aliphatic rings. The Morgan fingerprint density at radius 1 is 0.306 bits per heavy atom. The number of hydrogen-bond acceptors (Lipinski definition) is 26. The fraction of sp³-hybridized carbons (Fsp3) is 0.796. The first-order valence-corrected chi connectivity index (χ1v) is 43.3. The smallest absolute Gasteiger partial charge is 0.111 e. The van der Waals surface area contributed by atoms with Gasteiger partial charge in [-0.2, -0.15) is 0 Å². The number of unbranched alkanes of at least 4 members (excludes halogenated alkanes) is 2. The van der Waals surface area contributed by atoms with Gasteiger partial charge in [0.15, 0.2) is 0 Å². The maximum absolute atomic E-state index is 9.44. The molecule has 0 unspecified atom stereocenters. The number of benzene rings is 3. The summed E-state index contributed by atoms with van der Waals surface area (Å²) in [5, 5.41) is 207. The van der Waals surface area contributed by atoms with Gasteiger partial charge in [0, 0.05) is 90.7 Å². The summed E-state index contributed by atoms with van der Waals surface area (Å²) in [5.74, 6) is 3.69. The van der Waals surface area contributed by atoms with E-state index in [4.69, 9.17) is 112 Å². The number of aliphatic hydroxyl groups excluding tert-OH is 24. The van der Waals surface area contributed by atoms with Gasteiger partial charge in [-0.15, -0.1) is 41.8 Å². The van der Waals surface area contributed by atoms with Gasteiger partial charge in [0.25, 0.3) is 0 Å². The van der Waals surface area contributed by atoms with Crippen molar-refractivity contribution in [2.75, 3.05) is 172 Å². The zero-order chi connectivity index (χ0) is 93.7. The van der Waals surface area contributed by atoms with E-state index in [1.165, 1.54) is 0 Å². The van der Waals surface area contributed by atoms with Crippen LogP contribution in [0.15, 0.2) is 78.9 Å². The zero-order valence-electron chi connectivity index (χ0n) is 78.7. The Balaban J connectivity index is -0.000000124. The molecule has 3 aromatic rings. The molecule has 121 heavy (non-hydrogen) atoms. The Bertz CT molecular complexity index is 2290. The number of ether oxygens (including phenoxy) is 2. The minimum absolute atomic E-state index is 0. The Morgan fingerprint density at radius 3 is 0.818 bits per heavy atom. The molecule has 0 aromatic heterocycles. The van der Waals surface area contributed by atoms with Crippen molar-refractivity contribution in [1.29, 1.82) is 0 Å². The predicted molar refractivity (Wildman–Crippen MR) is 482 cm³/mol. The molecular formula is C93H185O26ReRf-. The normalized spacial score (nSPS) is 11.1. The van der Waals surface area contributed by atoms with Crippen LogP contribution in [0.5, 0.6) is 11.5 Å². The van der Waals surface area contributed by atoms with Crippen LogP contribution in [0.2, 0.25) is 0 Å². The van der Waals surface area contributed by atoms with Crippen molar-refractivity contribution in [3.63, 3.8) is 0 Å². The van der Waals surface area contributed by atoms with Gasteiger partial charge >= 0.3 is 0 Å². The summed E-state index contributed by atoms with van der Waals surface area (Å²) in [6.45, 7) is 38.8. The molecular weight excluding hydrogens is 1990 g/mol. The Hall–Kier alpha value is -4.17. The first-order chi connectivity index (χ1) is 56.3. The standard InChI is InChI=1S/C17H19O4.C13H28O2.C11H24O2.C9H12O2.C9H20O2.2C7H16O2.C6H14O2.C5H12O2.C4H10O2.C3H8O2.C2H6O2.Re.Rf/c18-9-11-20-16-5-1-14(2-6-16)13-15-3-7-17(8-4-15)21-12-10-19;1-11(2)5-7-13(9-14,10-15)8-6-12(3)4;1-9(2)5-11(7-12,8-13)6-10(3)4;10-6-9(7-11)8-4-2-1-3-5-8;1-3-5-6-9(4-2,7-10)8-11;1-3-4-7(2,5-8)6-9;1-3-7(4-2,5-8)6-9;1-3-6(2,4-7)5-8;1-5(2,3-6)4-7;5-3-1-2-4-6;4-2-1-3-5;3-1-2-4;;/h1-8,13,18-19H,9-12H2;11-12,14-15H,5-10H2,1-4H3;9-10,12-13H,5-8H2,1-4H3;1-5,9-11H,6-7H2;10-11H,3-8H2,1-2H3;2*8-9H,3-6H2,1-2H3;7-8H,3-5H2,1-2H3;6-7H,3-4H2,1-2H3;5-6H,1-4H2;4-5H,1-3H2;3-4H,1-2H2;;/q-1;;;;;;;;;;;;;. The van der Waals surface area contributed by atoms with Gasteiger partial charge in [-0.25, -0.2) is 0 Å². The third-order valence-electron chi connectivity index (χ3n) is 19.8. The van der Waals surface area contributed by atoms with Crippen LogP contribution in [0.4, 0.5) is 0 Å². The average molecular weight is 2170 g/mol. The molecule has 0 amide bonds. The van der Waals surface area contributed by atoms with Crippen LogP contribution >= 0.6 is 0 Å². The van der Waals surface area contributed by atoms with Crippen molar-refractivity contribution in [3.8, 4) is 11.5 Å². The van der Waals surface area contributed by atoms with Gasteiger partial charge in [-0.05, 0) is 113 Å². The van der Waals surface area contributed by atoms with Crippen LogP contribution in [-0.2, 0) is 20.4 Å². The van der Waals surface area contributed by atoms with Crippen molar-refractivity contribution in [3.05, 3.63) is 102 Å². The SMILES string of the molecule is CC(C)(CO)CO.CC(C)CC(CO)(CO)CC(C)C.CC(C)CCC(CO)(CO)CCC(C)C.CCC(C)(CO)CO.CCC(CC)(CO)CO.CCCC(C)(CO)CO.CCCCC(CC)(CO)CO.OCC(CO)c1ccccc1.OCCCCO.OCCCO.OCCO.OCCOc1ccc([CH-]c2ccc(OCCO)cc2)cc1.[Re].[Rf]. The van der Waals surface area contributed by atoms with Crippen LogP contribution in [0.25, 0.3) is 0 Å². The molecule has 0 heterocycles. The van der Waals surface area contributed by atoms with Crippen molar-refractivity contribution in [2.24, 2.45) is 61.6 Å². The molecule has 0 fully saturated rings. The first-order valence-electron chi connectivity index (χ1n) is 43.3. The fourth-order valence-electron chi connectivity index (χ4n) is 9.98. The molecule has 723 valence electrons. The molecule has 28 heteroatoms. The van der Waals surface area contributed by atoms with Gasteiger partial charge in [0.05, 0.1) is 132 Å². The zero-order valence-corrected chi connectivity index (χ0v) is 87.8. The summed E-state index contributed by atoms with van der Waals surface area (Å²) in [6, 6.07) is 24.9. The van der Waals surface area contributed by atoms with Crippen molar-refractivity contribution in [2.45, 2.75) is 246 Å². The van der Waals surface area contributed by atoms with Crippen LogP contribution in [-0.4, -0.2) is 294 Å². The molecule has 0 atom stereocenters. The fourth-order valence-corrected chi connectivity index (χ4v) is 9.98. The maximum atomic E-state index is 9.44. The second-order valence-electron chi connectivity index (χ2n) is 33.6. The summed E-state index contributed by atoms with van der Waals surface area (Å²) in [4.78, 5) is 0.